The van der Waals surface area contributed by atoms with Crippen LogP contribution in [0.25, 0.3) is 11.3 Å². The number of nitrogens with zero attached hydrogens (tertiary/aromatic N) is 2. The van der Waals surface area contributed by atoms with Gasteiger partial charge in [-0.3, -0.25) is 14.4 Å². The van der Waals surface area contributed by atoms with E-state index in [0.717, 1.165) is 36.1 Å². The minimum Gasteiger partial charge on any atom is -0.356 e. The minimum absolute atomic E-state index is 0.0260. The van der Waals surface area contributed by atoms with Gasteiger partial charge < -0.3 is 15.5 Å². The van der Waals surface area contributed by atoms with Crippen LogP contribution in [0.4, 0.5) is 5.13 Å². The molecule has 164 valence electrons. The molecule has 2 N–H and O–H groups in total. The molecule has 7 nitrogen and oxygen atoms in total. The highest BCUT2D eigenvalue weighted by Crippen LogP contribution is 2.31. The first-order valence-corrected chi connectivity index (χ1v) is 11.8. The normalized spacial score (nSPS) is 19.1. The molecule has 3 amide bonds. The number of benzene rings is 1. The van der Waals surface area contributed by atoms with Gasteiger partial charge in [0.15, 0.2) is 5.13 Å². The summed E-state index contributed by atoms with van der Waals surface area (Å²) in [5.41, 5.74) is 2.92. The maximum absolute atomic E-state index is 12.7. The summed E-state index contributed by atoms with van der Waals surface area (Å²) < 4.78 is 0. The number of likely N-dealkylation sites (tertiary alicyclic amines) is 1. The third-order valence-corrected chi connectivity index (χ3v) is 6.82. The molecule has 2 aromatic rings. The SMILES string of the molecule is CC(=O)NCCc1ccc(-c2csc(NC(=O)C3CC(=O)N(C4CCCC4)C3)n2)cc1. The van der Waals surface area contributed by atoms with Crippen molar-refractivity contribution in [1.29, 1.82) is 0 Å². The monoisotopic (exact) mass is 440 g/mol. The van der Waals surface area contributed by atoms with Crippen molar-refractivity contribution >= 4 is 34.2 Å². The van der Waals surface area contributed by atoms with E-state index in [2.05, 4.69) is 15.6 Å². The quantitative estimate of drug-likeness (QED) is 0.692. The van der Waals surface area contributed by atoms with E-state index < -0.39 is 0 Å². The van der Waals surface area contributed by atoms with E-state index >= 15 is 0 Å². The van der Waals surface area contributed by atoms with Crippen LogP contribution in [-0.2, 0) is 20.8 Å². The number of carbonyl (C=O) groups excluding carboxylic acids is 3. The Hall–Kier alpha value is -2.74. The van der Waals surface area contributed by atoms with Crippen molar-refractivity contribution in [3.8, 4) is 11.3 Å². The van der Waals surface area contributed by atoms with Crippen molar-refractivity contribution in [3.63, 3.8) is 0 Å². The fourth-order valence-electron chi connectivity index (χ4n) is 4.37. The molecular formula is C23H28N4O3S. The second kappa shape index (κ2) is 9.60. The topological polar surface area (TPSA) is 91.4 Å². The molecule has 0 spiro atoms. The van der Waals surface area contributed by atoms with Crippen LogP contribution in [0.2, 0.25) is 0 Å². The largest absolute Gasteiger partial charge is 0.356 e. The van der Waals surface area contributed by atoms with Gasteiger partial charge in [-0.05, 0) is 24.8 Å². The molecule has 2 heterocycles. The van der Waals surface area contributed by atoms with Gasteiger partial charge in [-0.15, -0.1) is 11.3 Å². The molecule has 8 heteroatoms. The lowest BCUT2D eigenvalue weighted by atomic mass is 10.1. The van der Waals surface area contributed by atoms with Gasteiger partial charge in [0.2, 0.25) is 17.7 Å². The number of hydrogen-bond donors (Lipinski definition) is 2. The summed E-state index contributed by atoms with van der Waals surface area (Å²) in [5.74, 6) is -0.348. The van der Waals surface area contributed by atoms with Gasteiger partial charge in [0, 0.05) is 43.4 Å². The number of anilines is 1. The number of nitrogens with one attached hydrogen (secondary N) is 2. The van der Waals surface area contributed by atoms with E-state index in [0.29, 0.717) is 30.7 Å². The van der Waals surface area contributed by atoms with Crippen LogP contribution < -0.4 is 10.6 Å². The van der Waals surface area contributed by atoms with Crippen molar-refractivity contribution in [2.24, 2.45) is 5.92 Å². The second-order valence-electron chi connectivity index (χ2n) is 8.34. The summed E-state index contributed by atoms with van der Waals surface area (Å²) in [7, 11) is 0. The Morgan fingerprint density at radius 2 is 1.94 bits per heavy atom. The first-order chi connectivity index (χ1) is 15.0. The number of aromatic nitrogens is 1. The zero-order chi connectivity index (χ0) is 21.8. The molecule has 1 saturated heterocycles. The van der Waals surface area contributed by atoms with Gasteiger partial charge >= 0.3 is 0 Å². The zero-order valence-electron chi connectivity index (χ0n) is 17.7. The van der Waals surface area contributed by atoms with Gasteiger partial charge in [0.05, 0.1) is 11.6 Å². The molecule has 1 aromatic heterocycles. The number of thiazole rings is 1. The highest BCUT2D eigenvalue weighted by atomic mass is 32.1. The second-order valence-corrected chi connectivity index (χ2v) is 9.20. The molecule has 1 atom stereocenters. The molecule has 2 fully saturated rings. The van der Waals surface area contributed by atoms with Crippen molar-refractivity contribution in [1.82, 2.24) is 15.2 Å². The van der Waals surface area contributed by atoms with E-state index in [1.807, 2.05) is 34.5 Å². The Morgan fingerprint density at radius 3 is 2.65 bits per heavy atom. The standard InChI is InChI=1S/C23H28N4O3S/c1-15(28)24-11-10-16-6-8-17(9-7-16)20-14-31-23(25-20)26-22(30)18-12-21(29)27(13-18)19-4-2-3-5-19/h6-9,14,18-19H,2-5,10-13H2,1H3,(H,24,28)(H,25,26,30). The van der Waals surface area contributed by atoms with Crippen molar-refractivity contribution in [2.45, 2.75) is 51.5 Å². The van der Waals surface area contributed by atoms with Gasteiger partial charge in [0.1, 0.15) is 0 Å². The molecule has 4 rings (SSSR count). The molecule has 1 aliphatic carbocycles. The van der Waals surface area contributed by atoms with Crippen LogP contribution in [0.3, 0.4) is 0 Å². The Balaban J connectivity index is 1.32. The first-order valence-electron chi connectivity index (χ1n) is 10.9. The Kier molecular flexibility index (Phi) is 6.65. The maximum Gasteiger partial charge on any atom is 0.231 e. The summed E-state index contributed by atoms with van der Waals surface area (Å²) in [6.45, 7) is 2.65. The molecule has 0 bridgehead atoms. The van der Waals surface area contributed by atoms with Crippen LogP contribution >= 0.6 is 11.3 Å². The summed E-state index contributed by atoms with van der Waals surface area (Å²) in [6.07, 6.45) is 5.52. The molecule has 1 saturated carbocycles. The number of rotatable bonds is 7. The molecule has 2 aliphatic rings. The minimum atomic E-state index is -0.302. The molecule has 1 unspecified atom stereocenters. The van der Waals surface area contributed by atoms with E-state index in [1.54, 1.807) is 0 Å². The molecule has 1 aromatic carbocycles. The third kappa shape index (κ3) is 5.31. The maximum atomic E-state index is 12.7. The summed E-state index contributed by atoms with van der Waals surface area (Å²) in [6, 6.07) is 8.36. The van der Waals surface area contributed by atoms with Gasteiger partial charge in [0.25, 0.3) is 0 Å². The van der Waals surface area contributed by atoms with Gasteiger partial charge in [-0.2, -0.15) is 0 Å². The fraction of sp³-hybridized carbons (Fsp3) is 0.478. The van der Waals surface area contributed by atoms with E-state index in [-0.39, 0.29) is 23.6 Å². The summed E-state index contributed by atoms with van der Waals surface area (Å²) in [4.78, 5) is 42.5. The number of amides is 3. The van der Waals surface area contributed by atoms with Crippen LogP contribution in [0.5, 0.6) is 0 Å². The number of carbonyl (C=O) groups is 3. The Bertz CT molecular complexity index is 950. The smallest absolute Gasteiger partial charge is 0.231 e. The number of hydrogen-bond acceptors (Lipinski definition) is 5. The van der Waals surface area contributed by atoms with Crippen LogP contribution in [0, 0.1) is 5.92 Å². The molecule has 1 aliphatic heterocycles. The fourth-order valence-corrected chi connectivity index (χ4v) is 5.09. The lowest BCUT2D eigenvalue weighted by molar-refractivity contribution is -0.130. The van der Waals surface area contributed by atoms with Crippen LogP contribution in [-0.4, -0.2) is 46.7 Å². The average molecular weight is 441 g/mol. The highest BCUT2D eigenvalue weighted by Gasteiger charge is 2.38. The highest BCUT2D eigenvalue weighted by molar-refractivity contribution is 7.14. The van der Waals surface area contributed by atoms with E-state index in [4.69, 9.17) is 0 Å². The van der Waals surface area contributed by atoms with Crippen LogP contribution in [0.15, 0.2) is 29.6 Å². The Labute approximate surface area is 186 Å². The van der Waals surface area contributed by atoms with Crippen molar-refractivity contribution < 1.29 is 14.4 Å². The lowest BCUT2D eigenvalue weighted by Gasteiger charge is -2.23. The summed E-state index contributed by atoms with van der Waals surface area (Å²) in [5, 5.41) is 8.18. The zero-order valence-corrected chi connectivity index (χ0v) is 18.5. The lowest BCUT2D eigenvalue weighted by Crippen LogP contribution is -2.35. The predicted molar refractivity (Wildman–Crippen MR) is 121 cm³/mol. The van der Waals surface area contributed by atoms with E-state index in [1.165, 1.54) is 31.1 Å². The predicted octanol–water partition coefficient (Wildman–Crippen LogP) is 3.22. The summed E-state index contributed by atoms with van der Waals surface area (Å²) >= 11 is 1.39. The molecule has 31 heavy (non-hydrogen) atoms. The first kappa shape index (κ1) is 21.5. The van der Waals surface area contributed by atoms with Crippen molar-refractivity contribution in [2.75, 3.05) is 18.4 Å². The van der Waals surface area contributed by atoms with Crippen LogP contribution in [0.1, 0.15) is 44.6 Å². The average Bonchev–Trinajstić information content (AvgIpc) is 3.49. The molecule has 0 radical (unpaired) electrons. The van der Waals surface area contributed by atoms with E-state index in [9.17, 15) is 14.4 Å². The molecular weight excluding hydrogens is 412 g/mol. The third-order valence-electron chi connectivity index (χ3n) is 6.07. The van der Waals surface area contributed by atoms with Gasteiger partial charge in [-0.1, -0.05) is 37.1 Å². The van der Waals surface area contributed by atoms with Crippen molar-refractivity contribution in [3.05, 3.63) is 35.2 Å². The Morgan fingerprint density at radius 1 is 1.19 bits per heavy atom. The van der Waals surface area contributed by atoms with Gasteiger partial charge in [-0.25, -0.2) is 4.98 Å².